The highest BCUT2D eigenvalue weighted by molar-refractivity contribution is 5.97. The van der Waals surface area contributed by atoms with Gasteiger partial charge in [0.05, 0.1) is 6.61 Å². The van der Waals surface area contributed by atoms with Crippen molar-refractivity contribution in [3.05, 3.63) is 36.0 Å². The van der Waals surface area contributed by atoms with Crippen molar-refractivity contribution in [3.63, 3.8) is 0 Å². The quantitative estimate of drug-likeness (QED) is 0.776. The molecule has 0 atom stereocenters. The van der Waals surface area contributed by atoms with Gasteiger partial charge in [0.1, 0.15) is 5.82 Å². The second-order valence-corrected chi connectivity index (χ2v) is 5.39. The molecule has 3 N–H and O–H groups in total. The lowest BCUT2D eigenvalue weighted by Gasteiger charge is -2.15. The minimum Gasteiger partial charge on any atom is -0.477 e. The molecule has 1 fully saturated rings. The van der Waals surface area contributed by atoms with Crippen molar-refractivity contribution >= 4 is 22.6 Å². The van der Waals surface area contributed by atoms with E-state index in [1.165, 1.54) is 0 Å². The van der Waals surface area contributed by atoms with Gasteiger partial charge in [-0.2, -0.15) is 0 Å². The van der Waals surface area contributed by atoms with Crippen molar-refractivity contribution in [2.24, 2.45) is 5.41 Å². The fraction of sp³-hybridized carbons (Fsp3) is 0.333. The van der Waals surface area contributed by atoms with E-state index in [1.54, 1.807) is 6.07 Å². The normalized spacial score (nSPS) is 16.1. The maximum Gasteiger partial charge on any atom is 0.354 e. The third-order valence-corrected chi connectivity index (χ3v) is 3.88. The fourth-order valence-electron chi connectivity index (χ4n) is 2.28. The van der Waals surface area contributed by atoms with Gasteiger partial charge in [0.2, 0.25) is 0 Å². The molecule has 2 aromatic rings. The Hall–Kier alpha value is -2.14. The highest BCUT2D eigenvalue weighted by atomic mass is 16.4. The molecule has 20 heavy (non-hydrogen) atoms. The average molecular weight is 272 g/mol. The second kappa shape index (κ2) is 4.76. The summed E-state index contributed by atoms with van der Waals surface area (Å²) in [5.41, 5.74) is -0.0257. The maximum atomic E-state index is 11.1. The number of hydrogen-bond acceptors (Lipinski definition) is 4. The molecule has 3 rings (SSSR count). The topological polar surface area (TPSA) is 82.5 Å². The van der Waals surface area contributed by atoms with Crippen LogP contribution in [-0.4, -0.2) is 34.3 Å². The number of pyridine rings is 1. The highest BCUT2D eigenvalue weighted by Crippen LogP contribution is 2.45. The van der Waals surface area contributed by atoms with Crippen LogP contribution >= 0.6 is 0 Å². The van der Waals surface area contributed by atoms with Gasteiger partial charge in [-0.3, -0.25) is 0 Å². The number of aliphatic hydroxyl groups is 1. The van der Waals surface area contributed by atoms with Crippen molar-refractivity contribution < 1.29 is 15.0 Å². The number of carboxylic acids is 1. The number of aromatic carboxylic acids is 1. The van der Waals surface area contributed by atoms with Crippen LogP contribution in [0.3, 0.4) is 0 Å². The van der Waals surface area contributed by atoms with Crippen LogP contribution in [0.1, 0.15) is 23.3 Å². The lowest BCUT2D eigenvalue weighted by atomic mass is 10.1. The van der Waals surface area contributed by atoms with Gasteiger partial charge in [0.15, 0.2) is 5.69 Å². The number of hydrogen-bond donors (Lipinski definition) is 3. The Labute approximate surface area is 116 Å². The number of benzene rings is 1. The molecule has 1 aliphatic carbocycles. The summed E-state index contributed by atoms with van der Waals surface area (Å²) in [6, 6.07) is 9.12. The first kappa shape index (κ1) is 12.9. The molecule has 0 saturated heterocycles. The van der Waals surface area contributed by atoms with Gasteiger partial charge in [-0.15, -0.1) is 0 Å². The van der Waals surface area contributed by atoms with E-state index in [2.05, 4.69) is 10.3 Å². The van der Waals surface area contributed by atoms with Crippen LogP contribution in [0.2, 0.25) is 0 Å². The summed E-state index contributed by atoms with van der Waals surface area (Å²) >= 11 is 0. The number of rotatable bonds is 5. The summed E-state index contributed by atoms with van der Waals surface area (Å²) < 4.78 is 0. The van der Waals surface area contributed by atoms with Gasteiger partial charge in [0.25, 0.3) is 0 Å². The number of aromatic nitrogens is 1. The summed E-state index contributed by atoms with van der Waals surface area (Å²) in [5.74, 6) is -0.470. The highest BCUT2D eigenvalue weighted by Gasteiger charge is 2.41. The molecule has 1 aliphatic rings. The minimum absolute atomic E-state index is 0.0278. The predicted octanol–water partition coefficient (Wildman–Crippen LogP) is 2.12. The Bertz CT molecular complexity index is 665. The van der Waals surface area contributed by atoms with Crippen molar-refractivity contribution in [2.75, 3.05) is 18.5 Å². The number of anilines is 1. The zero-order valence-corrected chi connectivity index (χ0v) is 11.0. The predicted molar refractivity (Wildman–Crippen MR) is 75.9 cm³/mol. The average Bonchev–Trinajstić information content (AvgIpc) is 3.25. The van der Waals surface area contributed by atoms with E-state index in [9.17, 15) is 9.90 Å². The third-order valence-electron chi connectivity index (χ3n) is 3.88. The first-order valence-electron chi connectivity index (χ1n) is 6.61. The standard InChI is InChI=1S/C15H16N2O3/c18-9-15(5-6-15)8-16-13-11-4-2-1-3-10(11)7-12(17-13)14(19)20/h1-4,7,18H,5-6,8-9H2,(H,16,17)(H,19,20). The van der Waals surface area contributed by atoms with Crippen LogP contribution in [0.5, 0.6) is 0 Å². The molecule has 1 heterocycles. The van der Waals surface area contributed by atoms with Gasteiger partial charge < -0.3 is 15.5 Å². The smallest absolute Gasteiger partial charge is 0.354 e. The zero-order chi connectivity index (χ0) is 14.2. The van der Waals surface area contributed by atoms with E-state index in [0.29, 0.717) is 12.4 Å². The molecular formula is C15H16N2O3. The monoisotopic (exact) mass is 272 g/mol. The van der Waals surface area contributed by atoms with Gasteiger partial charge in [-0.1, -0.05) is 24.3 Å². The van der Waals surface area contributed by atoms with E-state index in [-0.39, 0.29) is 17.7 Å². The first-order chi connectivity index (χ1) is 9.63. The molecular weight excluding hydrogens is 256 g/mol. The van der Waals surface area contributed by atoms with E-state index in [4.69, 9.17) is 5.11 Å². The summed E-state index contributed by atoms with van der Waals surface area (Å²) in [7, 11) is 0. The van der Waals surface area contributed by atoms with Gasteiger partial charge in [-0.25, -0.2) is 9.78 Å². The van der Waals surface area contributed by atoms with E-state index in [0.717, 1.165) is 23.6 Å². The molecule has 1 saturated carbocycles. The number of carboxylic acid groups (broad SMARTS) is 1. The van der Waals surface area contributed by atoms with Crippen LogP contribution < -0.4 is 5.32 Å². The fourth-order valence-corrected chi connectivity index (χ4v) is 2.28. The van der Waals surface area contributed by atoms with Crippen molar-refractivity contribution in [2.45, 2.75) is 12.8 Å². The van der Waals surface area contributed by atoms with Gasteiger partial charge in [-0.05, 0) is 24.3 Å². The van der Waals surface area contributed by atoms with Crippen molar-refractivity contribution in [1.82, 2.24) is 4.98 Å². The van der Waals surface area contributed by atoms with Crippen LogP contribution in [0.25, 0.3) is 10.8 Å². The van der Waals surface area contributed by atoms with E-state index in [1.807, 2.05) is 24.3 Å². The zero-order valence-electron chi connectivity index (χ0n) is 11.0. The maximum absolute atomic E-state index is 11.1. The molecule has 0 bridgehead atoms. The molecule has 1 aromatic carbocycles. The van der Waals surface area contributed by atoms with E-state index < -0.39 is 5.97 Å². The molecule has 0 aliphatic heterocycles. The molecule has 0 radical (unpaired) electrons. The first-order valence-corrected chi connectivity index (χ1v) is 6.61. The number of aliphatic hydroxyl groups excluding tert-OH is 1. The largest absolute Gasteiger partial charge is 0.477 e. The SMILES string of the molecule is O=C(O)c1cc2ccccc2c(NCC2(CO)CC2)n1. The van der Waals surface area contributed by atoms with Crippen LogP contribution in [-0.2, 0) is 0 Å². The Kier molecular flexibility index (Phi) is 3.06. The Morgan fingerprint density at radius 2 is 2.10 bits per heavy atom. The second-order valence-electron chi connectivity index (χ2n) is 5.39. The third kappa shape index (κ3) is 2.32. The summed E-state index contributed by atoms with van der Waals surface area (Å²) in [6.07, 6.45) is 1.99. The Balaban J connectivity index is 1.97. The van der Waals surface area contributed by atoms with Crippen LogP contribution in [0, 0.1) is 5.41 Å². The molecule has 5 heteroatoms. The molecule has 0 amide bonds. The molecule has 0 spiro atoms. The molecule has 5 nitrogen and oxygen atoms in total. The Morgan fingerprint density at radius 1 is 1.35 bits per heavy atom. The molecule has 104 valence electrons. The lowest BCUT2D eigenvalue weighted by Crippen LogP contribution is -2.20. The number of fused-ring (bicyclic) bond motifs is 1. The molecule has 0 unspecified atom stereocenters. The van der Waals surface area contributed by atoms with Crippen LogP contribution in [0.4, 0.5) is 5.82 Å². The minimum atomic E-state index is -1.04. The molecule has 1 aromatic heterocycles. The van der Waals surface area contributed by atoms with Gasteiger partial charge >= 0.3 is 5.97 Å². The van der Waals surface area contributed by atoms with Gasteiger partial charge in [0, 0.05) is 17.3 Å². The number of nitrogens with one attached hydrogen (secondary N) is 1. The summed E-state index contributed by atoms with van der Waals surface area (Å²) in [6.45, 7) is 0.764. The van der Waals surface area contributed by atoms with E-state index >= 15 is 0 Å². The van der Waals surface area contributed by atoms with Crippen molar-refractivity contribution in [3.8, 4) is 0 Å². The Morgan fingerprint density at radius 3 is 2.75 bits per heavy atom. The lowest BCUT2D eigenvalue weighted by molar-refractivity contribution is 0.0691. The number of nitrogens with zero attached hydrogens (tertiary/aromatic N) is 1. The van der Waals surface area contributed by atoms with Crippen LogP contribution in [0.15, 0.2) is 30.3 Å². The number of carbonyl (C=O) groups is 1. The summed E-state index contributed by atoms with van der Waals surface area (Å²) in [4.78, 5) is 15.3. The van der Waals surface area contributed by atoms with Crippen molar-refractivity contribution in [1.29, 1.82) is 0 Å². The summed E-state index contributed by atoms with van der Waals surface area (Å²) in [5, 5.41) is 23.4.